The van der Waals surface area contributed by atoms with E-state index in [4.69, 9.17) is 4.74 Å². The lowest BCUT2D eigenvalue weighted by Crippen LogP contribution is -2.34. The summed E-state index contributed by atoms with van der Waals surface area (Å²) in [6.45, 7) is 4.57. The molecule has 0 saturated heterocycles. The van der Waals surface area contributed by atoms with Crippen LogP contribution in [0.15, 0.2) is 54.7 Å². The molecule has 2 heterocycles. The number of hydrogen-bond donors (Lipinski definition) is 0. The second-order valence-electron chi connectivity index (χ2n) is 9.09. The van der Waals surface area contributed by atoms with Crippen molar-refractivity contribution in [2.24, 2.45) is 12.5 Å². The Morgan fingerprint density at radius 3 is 2.42 bits per heavy atom. The molecule has 2 nitrogen and oxygen atoms in total. The van der Waals surface area contributed by atoms with Crippen LogP contribution < -0.4 is 9.30 Å². The summed E-state index contributed by atoms with van der Waals surface area (Å²) in [7, 11) is 1.99. The largest absolute Gasteiger partial charge is 0.456 e. The zero-order valence-electron chi connectivity index (χ0n) is 17.9. The summed E-state index contributed by atoms with van der Waals surface area (Å²) in [5, 5.41) is 4.06. The molecule has 5 heteroatoms. The molecule has 0 atom stereocenters. The first-order chi connectivity index (χ1) is 14.6. The normalized spacial score (nSPS) is 13.4. The fourth-order valence-electron chi connectivity index (χ4n) is 4.61. The smallest absolute Gasteiger partial charge is 0.394 e. The van der Waals surface area contributed by atoms with E-state index in [9.17, 15) is 13.2 Å². The standard InChI is InChI=1S/C26H23F3NO/c1-15-19-8-6-5-7-17(19)13-21-22(15)24-23-18(9-10-30(24)4)11-16(12-20(23)31-21)14-25(2,3)26(27,28)29/h5-13H,14H2,1-4H3/q+1. The first-order valence-corrected chi connectivity index (χ1v) is 10.3. The molecule has 1 aromatic heterocycles. The summed E-state index contributed by atoms with van der Waals surface area (Å²) in [5.41, 5.74) is 1.98. The van der Waals surface area contributed by atoms with Gasteiger partial charge >= 0.3 is 6.18 Å². The molecule has 0 fully saturated rings. The average molecular weight is 422 g/mol. The Labute approximate surface area is 178 Å². The number of halogens is 3. The van der Waals surface area contributed by atoms with Crippen LogP contribution in [0.2, 0.25) is 0 Å². The number of hydrogen-bond acceptors (Lipinski definition) is 1. The van der Waals surface area contributed by atoms with Gasteiger partial charge in [-0.3, -0.25) is 0 Å². The summed E-state index contributed by atoms with van der Waals surface area (Å²) in [5.74, 6) is 1.35. The highest BCUT2D eigenvalue weighted by Crippen LogP contribution is 2.49. The minimum absolute atomic E-state index is 0.108. The number of fused-ring (bicyclic) bond motifs is 3. The highest BCUT2D eigenvalue weighted by molar-refractivity contribution is 6.05. The van der Waals surface area contributed by atoms with Crippen LogP contribution in [-0.4, -0.2) is 6.18 Å². The molecule has 0 aliphatic carbocycles. The number of aryl methyl sites for hydroxylation is 2. The third-order valence-corrected chi connectivity index (χ3v) is 6.40. The van der Waals surface area contributed by atoms with Gasteiger partial charge in [0, 0.05) is 6.07 Å². The summed E-state index contributed by atoms with van der Waals surface area (Å²) in [6, 6.07) is 15.8. The molecule has 158 valence electrons. The minimum atomic E-state index is -4.28. The van der Waals surface area contributed by atoms with Gasteiger partial charge in [0.1, 0.15) is 18.5 Å². The van der Waals surface area contributed by atoms with Gasteiger partial charge in [0.25, 0.3) is 0 Å². The predicted octanol–water partition coefficient (Wildman–Crippen LogP) is 7.03. The van der Waals surface area contributed by atoms with Crippen LogP contribution in [0.3, 0.4) is 0 Å². The fraction of sp³-hybridized carbons (Fsp3) is 0.269. The van der Waals surface area contributed by atoms with Crippen molar-refractivity contribution in [2.45, 2.75) is 33.4 Å². The molecule has 0 radical (unpaired) electrons. The van der Waals surface area contributed by atoms with Crippen LogP contribution >= 0.6 is 0 Å². The van der Waals surface area contributed by atoms with E-state index in [0.29, 0.717) is 11.3 Å². The lowest BCUT2D eigenvalue weighted by atomic mass is 9.84. The van der Waals surface area contributed by atoms with E-state index in [1.165, 1.54) is 13.8 Å². The van der Waals surface area contributed by atoms with E-state index in [1.54, 1.807) is 6.07 Å². The van der Waals surface area contributed by atoms with Crippen molar-refractivity contribution in [3.05, 3.63) is 65.9 Å². The Balaban J connectivity index is 1.77. The highest BCUT2D eigenvalue weighted by atomic mass is 19.4. The van der Waals surface area contributed by atoms with Crippen molar-refractivity contribution in [1.29, 1.82) is 0 Å². The monoisotopic (exact) mass is 422 g/mol. The van der Waals surface area contributed by atoms with Crippen LogP contribution in [0.25, 0.3) is 32.8 Å². The fourth-order valence-corrected chi connectivity index (χ4v) is 4.61. The van der Waals surface area contributed by atoms with Crippen molar-refractivity contribution in [2.75, 3.05) is 0 Å². The average Bonchev–Trinajstić information content (AvgIpc) is 2.69. The maximum Gasteiger partial charge on any atom is 0.394 e. The highest BCUT2D eigenvalue weighted by Gasteiger charge is 2.47. The van der Waals surface area contributed by atoms with Crippen LogP contribution in [0.1, 0.15) is 25.0 Å². The predicted molar refractivity (Wildman–Crippen MR) is 116 cm³/mol. The van der Waals surface area contributed by atoms with Gasteiger partial charge in [0.2, 0.25) is 5.69 Å². The van der Waals surface area contributed by atoms with E-state index in [2.05, 4.69) is 17.6 Å². The molecule has 0 amide bonds. The van der Waals surface area contributed by atoms with Gasteiger partial charge in [-0.25, -0.2) is 4.57 Å². The molecule has 5 rings (SSSR count). The molecular weight excluding hydrogens is 399 g/mol. The van der Waals surface area contributed by atoms with E-state index in [0.717, 1.165) is 44.1 Å². The molecule has 0 unspecified atom stereocenters. The second kappa shape index (κ2) is 6.46. The molecule has 0 spiro atoms. The topological polar surface area (TPSA) is 13.1 Å². The summed E-state index contributed by atoms with van der Waals surface area (Å²) in [6.07, 6.45) is -2.43. The number of alkyl halides is 3. The molecule has 0 saturated carbocycles. The number of pyridine rings is 1. The Morgan fingerprint density at radius 2 is 1.68 bits per heavy atom. The number of ether oxygens (including phenoxy) is 1. The van der Waals surface area contributed by atoms with Gasteiger partial charge in [-0.2, -0.15) is 13.2 Å². The van der Waals surface area contributed by atoms with Crippen LogP contribution in [0.4, 0.5) is 13.2 Å². The summed E-state index contributed by atoms with van der Waals surface area (Å²) < 4.78 is 48.9. The molecule has 1 aliphatic rings. The van der Waals surface area contributed by atoms with Crippen molar-refractivity contribution in [3.8, 4) is 22.8 Å². The van der Waals surface area contributed by atoms with Gasteiger partial charge in [-0.15, -0.1) is 0 Å². The number of benzene rings is 3. The number of nitrogens with zero attached hydrogens (tertiary/aromatic N) is 1. The maximum absolute atomic E-state index is 13.5. The minimum Gasteiger partial charge on any atom is -0.456 e. The Kier molecular flexibility index (Phi) is 4.14. The number of rotatable bonds is 2. The van der Waals surface area contributed by atoms with Crippen molar-refractivity contribution >= 4 is 21.5 Å². The van der Waals surface area contributed by atoms with E-state index >= 15 is 0 Å². The second-order valence-corrected chi connectivity index (χ2v) is 9.09. The van der Waals surface area contributed by atoms with E-state index in [-0.39, 0.29) is 6.42 Å². The summed E-state index contributed by atoms with van der Waals surface area (Å²) in [4.78, 5) is 0. The molecule has 0 N–H and O–H groups in total. The van der Waals surface area contributed by atoms with Crippen molar-refractivity contribution in [3.63, 3.8) is 0 Å². The zero-order valence-corrected chi connectivity index (χ0v) is 17.9. The van der Waals surface area contributed by atoms with Crippen molar-refractivity contribution < 1.29 is 22.5 Å². The lowest BCUT2D eigenvalue weighted by Gasteiger charge is -2.28. The lowest BCUT2D eigenvalue weighted by molar-refractivity contribution is -0.659. The third-order valence-electron chi connectivity index (χ3n) is 6.40. The molecule has 1 aliphatic heterocycles. The first-order valence-electron chi connectivity index (χ1n) is 10.3. The Hall–Kier alpha value is -3.08. The molecule has 4 aromatic rings. The molecular formula is C26H23F3NO+. The van der Waals surface area contributed by atoms with Gasteiger partial charge in [0.05, 0.1) is 16.4 Å². The van der Waals surface area contributed by atoms with Crippen LogP contribution in [0.5, 0.6) is 11.5 Å². The third kappa shape index (κ3) is 2.98. The zero-order chi connectivity index (χ0) is 22.1. The summed E-state index contributed by atoms with van der Waals surface area (Å²) >= 11 is 0. The van der Waals surface area contributed by atoms with Gasteiger partial charge < -0.3 is 4.74 Å². The van der Waals surface area contributed by atoms with Crippen LogP contribution in [0, 0.1) is 12.3 Å². The van der Waals surface area contributed by atoms with E-state index in [1.807, 2.05) is 49.6 Å². The Bertz CT molecular complexity index is 1370. The number of aromatic nitrogens is 1. The quantitative estimate of drug-likeness (QED) is 0.278. The SMILES string of the molecule is Cc1c2c(cc3ccccc13)Oc1cc(CC(C)(C)C(F)(F)F)cc3cc[n+](C)c-2c13. The maximum atomic E-state index is 13.5. The molecule has 31 heavy (non-hydrogen) atoms. The van der Waals surface area contributed by atoms with Gasteiger partial charge in [0.15, 0.2) is 6.20 Å². The Morgan fingerprint density at radius 1 is 0.935 bits per heavy atom. The molecule has 0 bridgehead atoms. The van der Waals surface area contributed by atoms with Gasteiger partial charge in [-0.1, -0.05) is 44.2 Å². The van der Waals surface area contributed by atoms with E-state index < -0.39 is 11.6 Å². The first kappa shape index (κ1) is 19.9. The van der Waals surface area contributed by atoms with Crippen molar-refractivity contribution in [1.82, 2.24) is 0 Å². The van der Waals surface area contributed by atoms with Crippen LogP contribution in [-0.2, 0) is 13.5 Å². The van der Waals surface area contributed by atoms with Gasteiger partial charge in [-0.05, 0) is 52.8 Å². The molecule has 3 aromatic carbocycles.